The molecule has 0 saturated carbocycles. The SMILES string of the molecule is COc1cc(C(=O)OCC(=O)Nc2cc(OC)c([N+](=O)[O-])cc2C)ccc1C. The molecule has 2 aromatic rings. The van der Waals surface area contributed by atoms with E-state index in [0.717, 1.165) is 5.56 Å². The van der Waals surface area contributed by atoms with Gasteiger partial charge < -0.3 is 19.5 Å². The van der Waals surface area contributed by atoms with Gasteiger partial charge in [-0.15, -0.1) is 0 Å². The number of rotatable bonds is 7. The van der Waals surface area contributed by atoms with E-state index in [9.17, 15) is 19.7 Å². The molecule has 0 spiro atoms. The van der Waals surface area contributed by atoms with Crippen LogP contribution in [-0.4, -0.2) is 37.6 Å². The van der Waals surface area contributed by atoms with Gasteiger partial charge in [0.05, 0.1) is 24.7 Å². The van der Waals surface area contributed by atoms with Gasteiger partial charge in [0, 0.05) is 17.8 Å². The van der Waals surface area contributed by atoms with Crippen molar-refractivity contribution in [3.8, 4) is 11.5 Å². The molecule has 148 valence electrons. The fourth-order valence-electron chi connectivity index (χ4n) is 2.46. The van der Waals surface area contributed by atoms with Gasteiger partial charge >= 0.3 is 11.7 Å². The van der Waals surface area contributed by atoms with E-state index >= 15 is 0 Å². The lowest BCUT2D eigenvalue weighted by Crippen LogP contribution is -2.21. The van der Waals surface area contributed by atoms with E-state index in [1.807, 2.05) is 6.92 Å². The Hall–Kier alpha value is -3.62. The highest BCUT2D eigenvalue weighted by atomic mass is 16.6. The molecule has 0 aliphatic rings. The van der Waals surface area contributed by atoms with Crippen molar-refractivity contribution in [2.24, 2.45) is 0 Å². The van der Waals surface area contributed by atoms with E-state index in [0.29, 0.717) is 17.0 Å². The van der Waals surface area contributed by atoms with Gasteiger partial charge in [-0.1, -0.05) is 6.07 Å². The summed E-state index contributed by atoms with van der Waals surface area (Å²) in [6.07, 6.45) is 0. The van der Waals surface area contributed by atoms with Crippen molar-refractivity contribution in [3.05, 3.63) is 57.1 Å². The van der Waals surface area contributed by atoms with Gasteiger partial charge in [0.15, 0.2) is 12.4 Å². The molecule has 0 bridgehead atoms. The molecule has 0 fully saturated rings. The van der Waals surface area contributed by atoms with Gasteiger partial charge in [-0.3, -0.25) is 14.9 Å². The summed E-state index contributed by atoms with van der Waals surface area (Å²) in [5, 5.41) is 13.6. The molecule has 1 amide bonds. The zero-order valence-electron chi connectivity index (χ0n) is 15.9. The zero-order valence-corrected chi connectivity index (χ0v) is 15.9. The molecule has 0 saturated heterocycles. The van der Waals surface area contributed by atoms with Crippen LogP contribution in [0.15, 0.2) is 30.3 Å². The molecule has 0 aliphatic heterocycles. The third-order valence-electron chi connectivity index (χ3n) is 3.97. The van der Waals surface area contributed by atoms with E-state index in [2.05, 4.69) is 5.32 Å². The van der Waals surface area contributed by atoms with Crippen LogP contribution < -0.4 is 14.8 Å². The lowest BCUT2D eigenvalue weighted by atomic mass is 10.1. The maximum Gasteiger partial charge on any atom is 0.338 e. The van der Waals surface area contributed by atoms with Crippen molar-refractivity contribution in [2.75, 3.05) is 26.1 Å². The molecule has 0 aliphatic carbocycles. The standard InChI is InChI=1S/C19H20N2O7/c1-11-5-6-13(8-16(11)26-3)19(23)28-10-18(22)20-14-9-17(27-4)15(21(24)25)7-12(14)2/h5-9H,10H2,1-4H3,(H,20,22). The van der Waals surface area contributed by atoms with Crippen LogP contribution in [0.3, 0.4) is 0 Å². The lowest BCUT2D eigenvalue weighted by Gasteiger charge is -2.11. The van der Waals surface area contributed by atoms with Crippen molar-refractivity contribution < 1.29 is 28.7 Å². The summed E-state index contributed by atoms with van der Waals surface area (Å²) < 4.78 is 15.1. The number of benzene rings is 2. The number of carbonyl (C=O) groups excluding carboxylic acids is 2. The Labute approximate surface area is 161 Å². The first kappa shape index (κ1) is 20.7. The molecule has 0 radical (unpaired) electrons. The van der Waals surface area contributed by atoms with Crippen LogP contribution in [0.1, 0.15) is 21.5 Å². The Balaban J connectivity index is 2.04. The highest BCUT2D eigenvalue weighted by Gasteiger charge is 2.19. The molecule has 1 N–H and O–H groups in total. The summed E-state index contributed by atoms with van der Waals surface area (Å²) in [5.74, 6) is -0.722. The Bertz CT molecular complexity index is 925. The first-order valence-electron chi connectivity index (χ1n) is 8.21. The van der Waals surface area contributed by atoms with Gasteiger partial charge in [-0.05, 0) is 37.1 Å². The monoisotopic (exact) mass is 388 g/mol. The minimum absolute atomic E-state index is 0.00893. The van der Waals surface area contributed by atoms with E-state index in [4.69, 9.17) is 14.2 Å². The molecule has 2 aromatic carbocycles. The number of ether oxygens (including phenoxy) is 3. The molecule has 28 heavy (non-hydrogen) atoms. The van der Waals surface area contributed by atoms with Gasteiger partial charge in [0.1, 0.15) is 5.75 Å². The van der Waals surface area contributed by atoms with Crippen LogP contribution in [0.25, 0.3) is 0 Å². The van der Waals surface area contributed by atoms with Crippen LogP contribution in [0, 0.1) is 24.0 Å². The highest BCUT2D eigenvalue weighted by molar-refractivity contribution is 5.96. The number of nitro benzene ring substituents is 1. The molecule has 0 atom stereocenters. The van der Waals surface area contributed by atoms with Gasteiger partial charge in [0.25, 0.3) is 5.91 Å². The normalized spacial score (nSPS) is 10.1. The van der Waals surface area contributed by atoms with E-state index in [1.165, 1.54) is 32.4 Å². The van der Waals surface area contributed by atoms with Crippen molar-refractivity contribution in [1.82, 2.24) is 0 Å². The number of hydrogen-bond acceptors (Lipinski definition) is 7. The minimum atomic E-state index is -0.675. The second kappa shape index (κ2) is 8.85. The van der Waals surface area contributed by atoms with Crippen LogP contribution in [0.4, 0.5) is 11.4 Å². The van der Waals surface area contributed by atoms with Crippen LogP contribution in [0.2, 0.25) is 0 Å². The summed E-state index contributed by atoms with van der Waals surface area (Å²) in [6, 6.07) is 7.45. The zero-order chi connectivity index (χ0) is 20.8. The second-order valence-corrected chi connectivity index (χ2v) is 5.90. The Morgan fingerprint density at radius 1 is 1.04 bits per heavy atom. The number of methoxy groups -OCH3 is 2. The third kappa shape index (κ3) is 4.76. The molecule has 9 heteroatoms. The smallest absolute Gasteiger partial charge is 0.338 e. The Morgan fingerprint density at radius 2 is 1.71 bits per heavy atom. The summed E-state index contributed by atoms with van der Waals surface area (Å²) in [6.45, 7) is 2.92. The third-order valence-corrected chi connectivity index (χ3v) is 3.97. The van der Waals surface area contributed by atoms with E-state index in [1.54, 1.807) is 19.1 Å². The molecule has 0 unspecified atom stereocenters. The van der Waals surface area contributed by atoms with Crippen molar-refractivity contribution in [1.29, 1.82) is 0 Å². The second-order valence-electron chi connectivity index (χ2n) is 5.90. The number of amides is 1. The fraction of sp³-hybridized carbons (Fsp3) is 0.263. The average molecular weight is 388 g/mol. The summed E-state index contributed by atoms with van der Waals surface area (Å²) in [7, 11) is 2.78. The highest BCUT2D eigenvalue weighted by Crippen LogP contribution is 2.32. The molecule has 0 heterocycles. The molecular weight excluding hydrogens is 368 g/mol. The lowest BCUT2D eigenvalue weighted by molar-refractivity contribution is -0.385. The van der Waals surface area contributed by atoms with E-state index < -0.39 is 23.4 Å². The van der Waals surface area contributed by atoms with Crippen molar-refractivity contribution in [3.63, 3.8) is 0 Å². The number of hydrogen-bond donors (Lipinski definition) is 1. The summed E-state index contributed by atoms with van der Waals surface area (Å²) >= 11 is 0. The predicted molar refractivity (Wildman–Crippen MR) is 101 cm³/mol. The first-order valence-corrected chi connectivity index (χ1v) is 8.21. The van der Waals surface area contributed by atoms with Crippen LogP contribution >= 0.6 is 0 Å². The molecular formula is C19H20N2O7. The van der Waals surface area contributed by atoms with Gasteiger partial charge in [0.2, 0.25) is 0 Å². The summed E-state index contributed by atoms with van der Waals surface area (Å²) in [4.78, 5) is 34.7. The summed E-state index contributed by atoms with van der Waals surface area (Å²) in [5.41, 5.74) is 1.69. The van der Waals surface area contributed by atoms with Crippen molar-refractivity contribution >= 4 is 23.3 Å². The largest absolute Gasteiger partial charge is 0.496 e. The predicted octanol–water partition coefficient (Wildman–Crippen LogP) is 3.02. The Morgan fingerprint density at radius 3 is 2.32 bits per heavy atom. The minimum Gasteiger partial charge on any atom is -0.496 e. The fourth-order valence-corrected chi connectivity index (χ4v) is 2.46. The number of esters is 1. The number of aryl methyl sites for hydroxylation is 2. The number of nitrogens with zero attached hydrogens (tertiary/aromatic N) is 1. The number of nitrogens with one attached hydrogen (secondary N) is 1. The van der Waals surface area contributed by atoms with Crippen LogP contribution in [-0.2, 0) is 9.53 Å². The quantitative estimate of drug-likeness (QED) is 0.440. The van der Waals surface area contributed by atoms with E-state index in [-0.39, 0.29) is 17.0 Å². The number of nitro groups is 1. The maximum atomic E-state index is 12.1. The van der Waals surface area contributed by atoms with Crippen molar-refractivity contribution in [2.45, 2.75) is 13.8 Å². The number of anilines is 1. The molecule has 9 nitrogen and oxygen atoms in total. The topological polar surface area (TPSA) is 117 Å². The van der Waals surface area contributed by atoms with Gasteiger partial charge in [-0.2, -0.15) is 0 Å². The molecule has 2 rings (SSSR count). The Kier molecular flexibility index (Phi) is 6.54. The maximum absolute atomic E-state index is 12.1. The number of carbonyl (C=O) groups is 2. The molecule has 0 aromatic heterocycles. The van der Waals surface area contributed by atoms with Crippen LogP contribution in [0.5, 0.6) is 11.5 Å². The first-order chi connectivity index (χ1) is 13.3. The average Bonchev–Trinajstić information content (AvgIpc) is 2.67. The van der Waals surface area contributed by atoms with Gasteiger partial charge in [-0.25, -0.2) is 4.79 Å².